The lowest BCUT2D eigenvalue weighted by Crippen LogP contribution is -2.63. The summed E-state index contributed by atoms with van der Waals surface area (Å²) in [6.07, 6.45) is 5.69. The zero-order valence-corrected chi connectivity index (χ0v) is 17.5. The summed E-state index contributed by atoms with van der Waals surface area (Å²) in [6, 6.07) is 12.2. The van der Waals surface area contributed by atoms with Crippen LogP contribution in [0.1, 0.15) is 38.2 Å². The van der Waals surface area contributed by atoms with E-state index in [9.17, 15) is 4.79 Å². The highest BCUT2D eigenvalue weighted by Gasteiger charge is 2.62. The largest absolute Gasteiger partial charge is 0.382 e. The van der Waals surface area contributed by atoms with E-state index in [-0.39, 0.29) is 24.0 Å². The average Bonchev–Trinajstić information content (AvgIpc) is 2.97. The monoisotopic (exact) mass is 386 g/mol. The van der Waals surface area contributed by atoms with Crippen molar-refractivity contribution < 1.29 is 14.3 Å². The topological polar surface area (TPSA) is 42.0 Å². The molecule has 154 valence electrons. The molecule has 2 heterocycles. The zero-order chi connectivity index (χ0) is 19.7. The first-order chi connectivity index (χ1) is 13.6. The van der Waals surface area contributed by atoms with E-state index in [0.29, 0.717) is 31.3 Å². The number of piperidine rings is 1. The van der Waals surface area contributed by atoms with Crippen LogP contribution in [0, 0.1) is 5.41 Å². The van der Waals surface area contributed by atoms with Gasteiger partial charge in [0, 0.05) is 30.7 Å². The number of rotatable bonds is 7. The van der Waals surface area contributed by atoms with E-state index < -0.39 is 0 Å². The first-order valence-electron chi connectivity index (χ1n) is 10.7. The normalized spacial score (nSPS) is 34.6. The fourth-order valence-corrected chi connectivity index (χ4v) is 6.26. The number of amides is 1. The molecule has 2 bridgehead atoms. The van der Waals surface area contributed by atoms with E-state index in [1.54, 1.807) is 7.11 Å². The highest BCUT2D eigenvalue weighted by Crippen LogP contribution is 2.55. The van der Waals surface area contributed by atoms with Gasteiger partial charge in [-0.2, -0.15) is 0 Å². The quantitative estimate of drug-likeness (QED) is 0.676. The predicted octanol–water partition coefficient (Wildman–Crippen LogP) is 2.73. The fourth-order valence-electron chi connectivity index (χ4n) is 6.26. The van der Waals surface area contributed by atoms with Crippen LogP contribution < -0.4 is 0 Å². The Morgan fingerprint density at radius 1 is 1.18 bits per heavy atom. The Bertz CT molecular complexity index is 682. The second kappa shape index (κ2) is 8.13. The highest BCUT2D eigenvalue weighted by atomic mass is 16.5. The fraction of sp³-hybridized carbons (Fsp3) is 0.696. The highest BCUT2D eigenvalue weighted by molar-refractivity contribution is 5.79. The van der Waals surface area contributed by atoms with Crippen molar-refractivity contribution >= 4 is 5.91 Å². The van der Waals surface area contributed by atoms with Crippen LogP contribution in [0.5, 0.6) is 0 Å². The smallest absolute Gasteiger partial charge is 0.249 e. The summed E-state index contributed by atoms with van der Waals surface area (Å²) in [6.45, 7) is 3.56. The Balaban J connectivity index is 1.61. The molecular formula is C23H34N2O3. The van der Waals surface area contributed by atoms with Crippen LogP contribution >= 0.6 is 0 Å². The molecule has 3 aliphatic rings. The lowest BCUT2D eigenvalue weighted by molar-refractivity contribution is -0.150. The second-order valence-electron chi connectivity index (χ2n) is 9.01. The molecule has 1 aliphatic carbocycles. The van der Waals surface area contributed by atoms with Gasteiger partial charge in [0.25, 0.3) is 0 Å². The molecule has 1 amide bonds. The third-order valence-corrected chi connectivity index (χ3v) is 7.51. The summed E-state index contributed by atoms with van der Waals surface area (Å²) >= 11 is 0. The molecule has 28 heavy (non-hydrogen) atoms. The van der Waals surface area contributed by atoms with Crippen molar-refractivity contribution in [3.05, 3.63) is 35.9 Å². The van der Waals surface area contributed by atoms with Gasteiger partial charge in [-0.15, -0.1) is 0 Å². The number of fused-ring (bicyclic) bond motifs is 1. The molecule has 3 fully saturated rings. The van der Waals surface area contributed by atoms with Gasteiger partial charge in [-0.05, 0) is 44.7 Å². The Labute approximate surface area is 169 Å². The molecule has 1 aromatic rings. The van der Waals surface area contributed by atoms with Gasteiger partial charge >= 0.3 is 0 Å². The minimum Gasteiger partial charge on any atom is -0.382 e. The van der Waals surface area contributed by atoms with Crippen LogP contribution in [0.4, 0.5) is 0 Å². The third kappa shape index (κ3) is 3.38. The maximum atomic E-state index is 13.4. The molecule has 5 nitrogen and oxygen atoms in total. The van der Waals surface area contributed by atoms with Crippen molar-refractivity contribution in [3.63, 3.8) is 0 Å². The van der Waals surface area contributed by atoms with Gasteiger partial charge < -0.3 is 14.4 Å². The van der Waals surface area contributed by atoms with Gasteiger partial charge in [0.05, 0.1) is 19.3 Å². The minimum absolute atomic E-state index is 0.147. The molecular weight excluding hydrogens is 352 g/mol. The van der Waals surface area contributed by atoms with E-state index in [1.165, 1.54) is 24.8 Å². The van der Waals surface area contributed by atoms with Gasteiger partial charge in [-0.3, -0.25) is 9.69 Å². The molecule has 2 aliphatic heterocycles. The van der Waals surface area contributed by atoms with Crippen molar-refractivity contribution in [2.45, 2.75) is 63.2 Å². The molecule has 0 aromatic heterocycles. The summed E-state index contributed by atoms with van der Waals surface area (Å²) in [5.41, 5.74) is 1.51. The van der Waals surface area contributed by atoms with Crippen molar-refractivity contribution in [1.29, 1.82) is 0 Å². The number of nitrogens with zero attached hydrogens (tertiary/aromatic N) is 2. The summed E-state index contributed by atoms with van der Waals surface area (Å²) in [4.78, 5) is 18.2. The molecule has 2 saturated heterocycles. The van der Waals surface area contributed by atoms with Crippen molar-refractivity contribution in [2.24, 2.45) is 5.41 Å². The number of likely N-dealkylation sites (N-methyl/N-ethyl adjacent to an activating group) is 1. The summed E-state index contributed by atoms with van der Waals surface area (Å²) in [5, 5.41) is 0. The van der Waals surface area contributed by atoms with E-state index in [4.69, 9.17) is 9.47 Å². The van der Waals surface area contributed by atoms with Gasteiger partial charge in [0.15, 0.2) is 0 Å². The van der Waals surface area contributed by atoms with Crippen LogP contribution in [0.25, 0.3) is 0 Å². The minimum atomic E-state index is 0.147. The van der Waals surface area contributed by atoms with Crippen LogP contribution in [0.3, 0.4) is 0 Å². The van der Waals surface area contributed by atoms with E-state index in [1.807, 2.05) is 0 Å². The Morgan fingerprint density at radius 3 is 2.68 bits per heavy atom. The molecule has 1 aromatic carbocycles. The van der Waals surface area contributed by atoms with E-state index in [2.05, 4.69) is 54.1 Å². The first-order valence-corrected chi connectivity index (χ1v) is 10.7. The Kier molecular flexibility index (Phi) is 5.77. The molecule has 1 saturated carbocycles. The SMILES string of the molecule is COCCOCC(=O)N1[C@@H](Cc2ccccc2)[C@@H]2C[C@@]3(C)[C@H](CCC[C@@H]13)N2C. The number of hydrogen-bond acceptors (Lipinski definition) is 4. The predicted molar refractivity (Wildman–Crippen MR) is 109 cm³/mol. The van der Waals surface area contributed by atoms with Gasteiger partial charge in [-0.1, -0.05) is 37.3 Å². The molecule has 5 heteroatoms. The number of ether oxygens (including phenoxy) is 2. The van der Waals surface area contributed by atoms with Crippen LogP contribution in [-0.4, -0.2) is 73.9 Å². The van der Waals surface area contributed by atoms with Crippen LogP contribution in [0.15, 0.2) is 30.3 Å². The number of methoxy groups -OCH3 is 1. The van der Waals surface area contributed by atoms with Gasteiger partial charge in [0.2, 0.25) is 5.91 Å². The number of benzene rings is 1. The van der Waals surface area contributed by atoms with Crippen molar-refractivity contribution in [3.8, 4) is 0 Å². The zero-order valence-electron chi connectivity index (χ0n) is 17.5. The van der Waals surface area contributed by atoms with Gasteiger partial charge in [-0.25, -0.2) is 0 Å². The lowest BCUT2D eigenvalue weighted by Gasteiger charge is -2.53. The summed E-state index contributed by atoms with van der Waals surface area (Å²) in [5.74, 6) is 0.147. The molecule has 0 spiro atoms. The standard InChI is InChI=1S/C23H34N2O3/c1-23-15-19-18(14-17-8-5-4-6-9-17)25(22(26)16-28-13-12-27-3)21(23)11-7-10-20(23)24(19)2/h4-6,8-9,18-21H,7,10-16H2,1-3H3/t18-,19-,20-,21+,23-/m0/s1. The van der Waals surface area contributed by atoms with E-state index >= 15 is 0 Å². The maximum Gasteiger partial charge on any atom is 0.249 e. The molecule has 5 atom stereocenters. The van der Waals surface area contributed by atoms with Crippen molar-refractivity contribution in [2.75, 3.05) is 34.0 Å². The molecule has 0 unspecified atom stereocenters. The Morgan fingerprint density at radius 2 is 1.93 bits per heavy atom. The van der Waals surface area contributed by atoms with Crippen molar-refractivity contribution in [1.82, 2.24) is 9.80 Å². The lowest BCUT2D eigenvalue weighted by atomic mass is 9.64. The molecule has 4 rings (SSSR count). The molecule has 0 radical (unpaired) electrons. The molecule has 0 N–H and O–H groups in total. The average molecular weight is 387 g/mol. The van der Waals surface area contributed by atoms with Crippen LogP contribution in [-0.2, 0) is 20.7 Å². The first kappa shape index (κ1) is 19.9. The number of carbonyl (C=O) groups is 1. The summed E-state index contributed by atoms with van der Waals surface area (Å²) < 4.78 is 10.7. The number of hydrogen-bond donors (Lipinski definition) is 0. The maximum absolute atomic E-state index is 13.4. The Hall–Kier alpha value is -1.43. The second-order valence-corrected chi connectivity index (χ2v) is 9.01. The summed E-state index contributed by atoms with van der Waals surface area (Å²) in [7, 11) is 3.94. The van der Waals surface area contributed by atoms with Gasteiger partial charge in [0.1, 0.15) is 6.61 Å². The van der Waals surface area contributed by atoms with E-state index in [0.717, 1.165) is 12.8 Å². The van der Waals surface area contributed by atoms with Crippen LogP contribution in [0.2, 0.25) is 0 Å². The third-order valence-electron chi connectivity index (χ3n) is 7.51. The number of carbonyl (C=O) groups excluding carboxylic acids is 1. The number of likely N-dealkylation sites (tertiary alicyclic amines) is 2.